The molecule has 0 heterocycles. The molecule has 0 spiro atoms. The lowest BCUT2D eigenvalue weighted by atomic mass is 9.83. The molecule has 1 saturated carbocycles. The highest BCUT2D eigenvalue weighted by atomic mass is 15.0. The average molecular weight is 257 g/mol. The molecule has 1 atom stereocenters. The highest BCUT2D eigenvalue weighted by Gasteiger charge is 2.24. The van der Waals surface area contributed by atoms with Crippen molar-refractivity contribution in [2.24, 2.45) is 5.92 Å². The maximum Gasteiger partial charge on any atom is 0.0113 e. The van der Waals surface area contributed by atoms with Gasteiger partial charge in [-0.3, -0.25) is 0 Å². The molecule has 0 bridgehead atoms. The van der Waals surface area contributed by atoms with E-state index in [1.807, 2.05) is 0 Å². The van der Waals surface area contributed by atoms with Crippen LogP contribution in [0.5, 0.6) is 0 Å². The van der Waals surface area contributed by atoms with E-state index in [1.54, 1.807) is 11.1 Å². The van der Waals surface area contributed by atoms with Crippen molar-refractivity contribution < 1.29 is 0 Å². The van der Waals surface area contributed by atoms with Crippen LogP contribution in [0.4, 0.5) is 0 Å². The van der Waals surface area contributed by atoms with Gasteiger partial charge in [-0.2, -0.15) is 0 Å². The van der Waals surface area contributed by atoms with E-state index < -0.39 is 0 Å². The lowest BCUT2D eigenvalue weighted by Crippen LogP contribution is -2.43. The van der Waals surface area contributed by atoms with E-state index in [0.717, 1.165) is 18.0 Å². The summed E-state index contributed by atoms with van der Waals surface area (Å²) >= 11 is 0. The van der Waals surface area contributed by atoms with E-state index in [0.29, 0.717) is 0 Å². The standard InChI is InChI=1S/C18H27N/c1-2-14-7-10-17(11-8-14)19-18-12-9-15-5-3-4-6-16(15)13-18/h3-6,14,17-19H,2,7-13H2,1H3. The Morgan fingerprint density at radius 3 is 2.42 bits per heavy atom. The first-order valence-corrected chi connectivity index (χ1v) is 8.18. The van der Waals surface area contributed by atoms with Crippen LogP contribution in [0.2, 0.25) is 0 Å². The summed E-state index contributed by atoms with van der Waals surface area (Å²) in [6.45, 7) is 2.34. The molecule has 3 rings (SSSR count). The van der Waals surface area contributed by atoms with Crippen LogP contribution in [0.3, 0.4) is 0 Å². The van der Waals surface area contributed by atoms with Crippen molar-refractivity contribution in [1.29, 1.82) is 0 Å². The van der Waals surface area contributed by atoms with Crippen molar-refractivity contribution >= 4 is 0 Å². The number of hydrogen-bond acceptors (Lipinski definition) is 1. The van der Waals surface area contributed by atoms with E-state index >= 15 is 0 Å². The fraction of sp³-hybridized carbons (Fsp3) is 0.667. The fourth-order valence-corrected chi connectivity index (χ4v) is 3.91. The maximum atomic E-state index is 3.94. The molecule has 0 amide bonds. The van der Waals surface area contributed by atoms with E-state index in [9.17, 15) is 0 Å². The van der Waals surface area contributed by atoms with Gasteiger partial charge in [0.05, 0.1) is 0 Å². The summed E-state index contributed by atoms with van der Waals surface area (Å²) in [6, 6.07) is 10.5. The van der Waals surface area contributed by atoms with Crippen molar-refractivity contribution in [1.82, 2.24) is 5.32 Å². The Bertz CT molecular complexity index is 404. The molecular formula is C18H27N. The van der Waals surface area contributed by atoms with Crippen LogP contribution in [-0.4, -0.2) is 12.1 Å². The summed E-state index contributed by atoms with van der Waals surface area (Å²) in [7, 11) is 0. The lowest BCUT2D eigenvalue weighted by molar-refractivity contribution is 0.262. The van der Waals surface area contributed by atoms with Crippen LogP contribution in [0.15, 0.2) is 24.3 Å². The summed E-state index contributed by atoms with van der Waals surface area (Å²) in [5.74, 6) is 1.00. The second kappa shape index (κ2) is 6.09. The Hall–Kier alpha value is -0.820. The van der Waals surface area contributed by atoms with Gasteiger partial charge in [-0.25, -0.2) is 0 Å². The van der Waals surface area contributed by atoms with Crippen molar-refractivity contribution in [3.8, 4) is 0 Å². The quantitative estimate of drug-likeness (QED) is 0.859. The van der Waals surface area contributed by atoms with Crippen molar-refractivity contribution in [3.63, 3.8) is 0 Å². The number of aryl methyl sites for hydroxylation is 1. The van der Waals surface area contributed by atoms with Gasteiger partial charge in [0.25, 0.3) is 0 Å². The molecule has 1 nitrogen and oxygen atoms in total. The number of fused-ring (bicyclic) bond motifs is 1. The topological polar surface area (TPSA) is 12.0 Å². The highest BCUT2D eigenvalue weighted by molar-refractivity contribution is 5.30. The molecule has 1 aromatic carbocycles. The van der Waals surface area contributed by atoms with Gasteiger partial charge in [0.2, 0.25) is 0 Å². The number of benzene rings is 1. The first kappa shape index (κ1) is 13.2. The summed E-state index contributed by atoms with van der Waals surface area (Å²) < 4.78 is 0. The predicted molar refractivity (Wildman–Crippen MR) is 81.4 cm³/mol. The molecule has 1 aromatic rings. The van der Waals surface area contributed by atoms with Gasteiger partial charge in [-0.1, -0.05) is 37.6 Å². The SMILES string of the molecule is CCC1CCC(NC2CCc3ccccc3C2)CC1. The lowest BCUT2D eigenvalue weighted by Gasteiger charge is -2.34. The van der Waals surface area contributed by atoms with Crippen molar-refractivity contribution in [2.45, 2.75) is 70.4 Å². The molecule has 1 unspecified atom stereocenters. The fourth-order valence-electron chi connectivity index (χ4n) is 3.91. The van der Waals surface area contributed by atoms with Crippen LogP contribution in [-0.2, 0) is 12.8 Å². The molecule has 0 aromatic heterocycles. The van der Waals surface area contributed by atoms with Crippen LogP contribution in [0.1, 0.15) is 56.6 Å². The summed E-state index contributed by atoms with van der Waals surface area (Å²) in [5, 5.41) is 3.94. The zero-order valence-corrected chi connectivity index (χ0v) is 12.2. The molecule has 0 saturated heterocycles. The Morgan fingerprint density at radius 1 is 0.947 bits per heavy atom. The zero-order valence-electron chi connectivity index (χ0n) is 12.2. The molecule has 104 valence electrons. The van der Waals surface area contributed by atoms with Crippen LogP contribution >= 0.6 is 0 Å². The second-order valence-electron chi connectivity index (χ2n) is 6.50. The normalized spacial score (nSPS) is 30.9. The van der Waals surface area contributed by atoms with Gasteiger partial charge in [-0.05, 0) is 62.0 Å². The first-order valence-electron chi connectivity index (χ1n) is 8.18. The smallest absolute Gasteiger partial charge is 0.0113 e. The van der Waals surface area contributed by atoms with Gasteiger partial charge in [0.1, 0.15) is 0 Å². The number of nitrogens with one attached hydrogen (secondary N) is 1. The third-order valence-electron chi connectivity index (χ3n) is 5.24. The van der Waals surface area contributed by atoms with Gasteiger partial charge in [0, 0.05) is 12.1 Å². The largest absolute Gasteiger partial charge is 0.311 e. The first-order chi connectivity index (χ1) is 9.35. The van der Waals surface area contributed by atoms with Crippen LogP contribution in [0.25, 0.3) is 0 Å². The number of hydrogen-bond donors (Lipinski definition) is 1. The zero-order chi connectivity index (χ0) is 13.1. The van der Waals surface area contributed by atoms with E-state index in [4.69, 9.17) is 0 Å². The molecule has 1 N–H and O–H groups in total. The second-order valence-corrected chi connectivity index (χ2v) is 6.50. The average Bonchev–Trinajstić information content (AvgIpc) is 2.48. The van der Waals surface area contributed by atoms with E-state index in [2.05, 4.69) is 36.5 Å². The molecule has 1 fully saturated rings. The molecule has 19 heavy (non-hydrogen) atoms. The molecular weight excluding hydrogens is 230 g/mol. The summed E-state index contributed by atoms with van der Waals surface area (Å²) in [4.78, 5) is 0. The van der Waals surface area contributed by atoms with Crippen molar-refractivity contribution in [3.05, 3.63) is 35.4 Å². The molecule has 0 aliphatic heterocycles. The van der Waals surface area contributed by atoms with Gasteiger partial charge in [0.15, 0.2) is 0 Å². The third-order valence-corrected chi connectivity index (χ3v) is 5.24. The number of rotatable bonds is 3. The Balaban J connectivity index is 1.52. The molecule has 0 radical (unpaired) electrons. The van der Waals surface area contributed by atoms with Crippen molar-refractivity contribution in [2.75, 3.05) is 0 Å². The third kappa shape index (κ3) is 3.20. The van der Waals surface area contributed by atoms with Gasteiger partial charge < -0.3 is 5.32 Å². The van der Waals surface area contributed by atoms with E-state index in [1.165, 1.54) is 51.4 Å². The molecule has 1 heteroatoms. The summed E-state index contributed by atoms with van der Waals surface area (Å²) in [6.07, 6.45) is 10.9. The van der Waals surface area contributed by atoms with Crippen LogP contribution < -0.4 is 5.32 Å². The predicted octanol–water partition coefficient (Wildman–Crippen LogP) is 4.10. The Morgan fingerprint density at radius 2 is 1.68 bits per heavy atom. The molecule has 2 aliphatic carbocycles. The van der Waals surface area contributed by atoms with Gasteiger partial charge in [-0.15, -0.1) is 0 Å². The Labute approximate surface area is 117 Å². The monoisotopic (exact) mass is 257 g/mol. The highest BCUT2D eigenvalue weighted by Crippen LogP contribution is 2.28. The van der Waals surface area contributed by atoms with E-state index in [-0.39, 0.29) is 0 Å². The minimum atomic E-state index is 0.720. The Kier molecular flexibility index (Phi) is 4.22. The molecule has 2 aliphatic rings. The van der Waals surface area contributed by atoms with Gasteiger partial charge >= 0.3 is 0 Å². The van der Waals surface area contributed by atoms with Crippen LogP contribution in [0, 0.1) is 5.92 Å². The minimum Gasteiger partial charge on any atom is -0.311 e. The minimum absolute atomic E-state index is 0.720. The summed E-state index contributed by atoms with van der Waals surface area (Å²) in [5.41, 5.74) is 3.16. The maximum absolute atomic E-state index is 3.94.